The predicted molar refractivity (Wildman–Crippen MR) is 35.1 cm³/mol. The van der Waals surface area contributed by atoms with E-state index in [0.29, 0.717) is 13.1 Å². The number of piperazine rings is 1. The molecule has 0 spiro atoms. The van der Waals surface area contributed by atoms with Crippen LogP contribution in [-0.2, 0) is 4.79 Å². The molecule has 1 N–H and O–H groups in total. The van der Waals surface area contributed by atoms with Gasteiger partial charge in [-0.15, -0.1) is 0 Å². The number of carbonyl (C=O) groups is 1. The van der Waals surface area contributed by atoms with Crippen LogP contribution in [0.5, 0.6) is 0 Å². The van der Waals surface area contributed by atoms with Gasteiger partial charge in [0.2, 0.25) is 5.91 Å². The van der Waals surface area contributed by atoms with Crippen LogP contribution in [0.1, 0.15) is 0 Å². The fraction of sp³-hybridized carbons (Fsp3) is 0.667. The minimum Gasteiger partial charge on any atom is -0.327 e. The van der Waals surface area contributed by atoms with Gasteiger partial charge in [-0.1, -0.05) is 0 Å². The lowest BCUT2D eigenvalue weighted by Crippen LogP contribution is -2.47. The smallest absolute Gasteiger partial charge is 0.237 e. The molecule has 1 saturated heterocycles. The van der Waals surface area contributed by atoms with E-state index in [1.807, 2.05) is 6.07 Å². The molecule has 0 aromatic rings. The Bertz CT molecular complexity index is 172. The van der Waals surface area contributed by atoms with Crippen LogP contribution >= 0.6 is 0 Å². The van der Waals surface area contributed by atoms with Crippen molar-refractivity contribution >= 4 is 5.91 Å². The predicted octanol–water partition coefficient (Wildman–Crippen LogP) is -1.06. The first-order valence-corrected chi connectivity index (χ1v) is 3.20. The molecule has 0 aromatic heterocycles. The summed E-state index contributed by atoms with van der Waals surface area (Å²) in [5.74, 6) is 0.0211. The zero-order chi connectivity index (χ0) is 7.40. The molecule has 54 valence electrons. The molecule has 0 radical (unpaired) electrons. The van der Waals surface area contributed by atoms with Crippen LogP contribution in [0.25, 0.3) is 0 Å². The molecule has 0 aliphatic carbocycles. The SMILES string of the molecule is N#CCN1CCNCC1=O. The first-order valence-electron chi connectivity index (χ1n) is 3.20. The molecular formula is C6H9N3O. The Morgan fingerprint density at radius 1 is 1.80 bits per heavy atom. The van der Waals surface area contributed by atoms with Crippen LogP contribution in [0.4, 0.5) is 0 Å². The van der Waals surface area contributed by atoms with Crippen LogP contribution in [-0.4, -0.2) is 37.0 Å². The minimum atomic E-state index is 0.0211. The topological polar surface area (TPSA) is 56.1 Å². The maximum Gasteiger partial charge on any atom is 0.237 e. The number of hydrogen-bond donors (Lipinski definition) is 1. The van der Waals surface area contributed by atoms with E-state index in [4.69, 9.17) is 5.26 Å². The number of nitrogens with one attached hydrogen (secondary N) is 1. The molecule has 1 amide bonds. The van der Waals surface area contributed by atoms with Crippen molar-refractivity contribution in [1.82, 2.24) is 10.2 Å². The maximum atomic E-state index is 10.9. The molecule has 1 heterocycles. The van der Waals surface area contributed by atoms with Gasteiger partial charge in [-0.3, -0.25) is 4.79 Å². The Labute approximate surface area is 59.4 Å². The van der Waals surface area contributed by atoms with E-state index in [0.717, 1.165) is 6.54 Å². The van der Waals surface area contributed by atoms with Gasteiger partial charge in [0.05, 0.1) is 12.6 Å². The average molecular weight is 139 g/mol. The third kappa shape index (κ3) is 1.45. The van der Waals surface area contributed by atoms with E-state index in [1.165, 1.54) is 0 Å². The highest BCUT2D eigenvalue weighted by Crippen LogP contribution is 1.91. The van der Waals surface area contributed by atoms with E-state index in [-0.39, 0.29) is 12.5 Å². The molecule has 0 saturated carbocycles. The van der Waals surface area contributed by atoms with Crippen LogP contribution < -0.4 is 5.32 Å². The summed E-state index contributed by atoms with van der Waals surface area (Å²) in [6, 6.07) is 1.95. The largest absolute Gasteiger partial charge is 0.327 e. The second kappa shape index (κ2) is 3.18. The van der Waals surface area contributed by atoms with Crippen molar-refractivity contribution in [1.29, 1.82) is 5.26 Å². The van der Waals surface area contributed by atoms with Crippen LogP contribution in [0, 0.1) is 11.3 Å². The molecule has 0 unspecified atom stereocenters. The lowest BCUT2D eigenvalue weighted by Gasteiger charge is -2.24. The van der Waals surface area contributed by atoms with Gasteiger partial charge < -0.3 is 10.2 Å². The number of amides is 1. The summed E-state index contributed by atoms with van der Waals surface area (Å²) >= 11 is 0. The van der Waals surface area contributed by atoms with Gasteiger partial charge in [-0.05, 0) is 0 Å². The lowest BCUT2D eigenvalue weighted by molar-refractivity contribution is -0.131. The highest BCUT2D eigenvalue weighted by atomic mass is 16.2. The molecule has 1 aliphatic rings. The summed E-state index contributed by atoms with van der Waals surface area (Å²) in [6.45, 7) is 2.06. The normalized spacial score (nSPS) is 18.7. The van der Waals surface area contributed by atoms with E-state index >= 15 is 0 Å². The highest BCUT2D eigenvalue weighted by molar-refractivity contribution is 5.79. The van der Waals surface area contributed by atoms with Crippen LogP contribution in [0.2, 0.25) is 0 Å². The van der Waals surface area contributed by atoms with Gasteiger partial charge in [0.1, 0.15) is 6.54 Å². The molecule has 0 bridgehead atoms. The molecule has 0 aromatic carbocycles. The summed E-state index contributed by atoms with van der Waals surface area (Å²) in [5, 5.41) is 11.2. The number of nitriles is 1. The molecule has 10 heavy (non-hydrogen) atoms. The quantitative estimate of drug-likeness (QED) is 0.471. The molecule has 0 atom stereocenters. The summed E-state index contributed by atoms with van der Waals surface area (Å²) in [5.41, 5.74) is 0. The zero-order valence-electron chi connectivity index (χ0n) is 5.63. The van der Waals surface area contributed by atoms with E-state index in [1.54, 1.807) is 4.90 Å². The van der Waals surface area contributed by atoms with Gasteiger partial charge in [-0.2, -0.15) is 5.26 Å². The summed E-state index contributed by atoms with van der Waals surface area (Å²) in [4.78, 5) is 12.4. The van der Waals surface area contributed by atoms with Crippen LogP contribution in [0.3, 0.4) is 0 Å². The molecule has 1 fully saturated rings. The van der Waals surface area contributed by atoms with Gasteiger partial charge in [0.15, 0.2) is 0 Å². The van der Waals surface area contributed by atoms with Crippen molar-refractivity contribution in [3.8, 4) is 6.07 Å². The fourth-order valence-corrected chi connectivity index (χ4v) is 0.898. The Morgan fingerprint density at radius 3 is 3.20 bits per heavy atom. The Morgan fingerprint density at radius 2 is 2.60 bits per heavy atom. The second-order valence-corrected chi connectivity index (χ2v) is 2.15. The zero-order valence-corrected chi connectivity index (χ0v) is 5.63. The van der Waals surface area contributed by atoms with Crippen LogP contribution in [0.15, 0.2) is 0 Å². The average Bonchev–Trinajstić information content (AvgIpc) is 1.94. The first-order chi connectivity index (χ1) is 4.84. The third-order valence-electron chi connectivity index (χ3n) is 1.45. The highest BCUT2D eigenvalue weighted by Gasteiger charge is 2.15. The van der Waals surface area contributed by atoms with E-state index < -0.39 is 0 Å². The molecule has 4 heteroatoms. The molecule has 1 rings (SSSR count). The lowest BCUT2D eigenvalue weighted by atomic mass is 10.3. The molecule has 1 aliphatic heterocycles. The van der Waals surface area contributed by atoms with Crippen molar-refractivity contribution in [3.63, 3.8) is 0 Å². The number of carbonyl (C=O) groups excluding carboxylic acids is 1. The van der Waals surface area contributed by atoms with Crippen molar-refractivity contribution in [3.05, 3.63) is 0 Å². The van der Waals surface area contributed by atoms with E-state index in [9.17, 15) is 4.79 Å². The van der Waals surface area contributed by atoms with E-state index in [2.05, 4.69) is 5.32 Å². The van der Waals surface area contributed by atoms with Gasteiger partial charge in [-0.25, -0.2) is 0 Å². The summed E-state index contributed by atoms with van der Waals surface area (Å²) in [6.07, 6.45) is 0. The second-order valence-electron chi connectivity index (χ2n) is 2.15. The third-order valence-corrected chi connectivity index (χ3v) is 1.45. The van der Waals surface area contributed by atoms with Crippen molar-refractivity contribution in [2.75, 3.05) is 26.2 Å². The maximum absolute atomic E-state index is 10.9. The monoisotopic (exact) mass is 139 g/mol. The van der Waals surface area contributed by atoms with Crippen molar-refractivity contribution in [2.24, 2.45) is 0 Å². The first kappa shape index (κ1) is 7.03. The van der Waals surface area contributed by atoms with Gasteiger partial charge in [0, 0.05) is 13.1 Å². The van der Waals surface area contributed by atoms with Gasteiger partial charge >= 0.3 is 0 Å². The molecular weight excluding hydrogens is 130 g/mol. The fourth-order valence-electron chi connectivity index (χ4n) is 0.898. The number of rotatable bonds is 1. The molecule has 4 nitrogen and oxygen atoms in total. The number of hydrogen-bond acceptors (Lipinski definition) is 3. The van der Waals surface area contributed by atoms with Crippen molar-refractivity contribution in [2.45, 2.75) is 0 Å². The summed E-state index contributed by atoms with van der Waals surface area (Å²) in [7, 11) is 0. The number of nitrogens with zero attached hydrogens (tertiary/aromatic N) is 2. The Hall–Kier alpha value is -1.08. The summed E-state index contributed by atoms with van der Waals surface area (Å²) < 4.78 is 0. The van der Waals surface area contributed by atoms with Gasteiger partial charge in [0.25, 0.3) is 0 Å². The van der Waals surface area contributed by atoms with Crippen molar-refractivity contribution < 1.29 is 4.79 Å². The Kier molecular flexibility index (Phi) is 2.24. The standard InChI is InChI=1S/C6H9N3O/c7-1-3-9-4-2-8-5-6(9)10/h8H,2-5H2. The minimum absolute atomic E-state index is 0.0211. The Balaban J connectivity index is 2.42.